The monoisotopic (exact) mass is 424 g/mol. The Bertz CT molecular complexity index is 834. The molecule has 2 aromatic rings. The highest BCUT2D eigenvalue weighted by Gasteiger charge is 2.28. The fourth-order valence-corrected chi connectivity index (χ4v) is 4.72. The van der Waals surface area contributed by atoms with Gasteiger partial charge >= 0.3 is 0 Å². The minimum atomic E-state index is -0.487. The molecule has 1 aliphatic rings. The van der Waals surface area contributed by atoms with Gasteiger partial charge in [0, 0.05) is 29.7 Å². The molecular weight excluding hydrogens is 392 g/mol. The van der Waals surface area contributed by atoms with Gasteiger partial charge in [0.2, 0.25) is 11.8 Å². The van der Waals surface area contributed by atoms with Crippen LogP contribution in [0.15, 0.2) is 59.5 Å². The number of hydrogen-bond acceptors (Lipinski definition) is 3. The SMILES string of the molecule is Cc1ccccc1CN(C(=O)CCSc1ccccc1)[C@H](C)C(=O)NC1CCCC1. The normalized spacial score (nSPS) is 15.0. The van der Waals surface area contributed by atoms with Crippen molar-refractivity contribution in [3.63, 3.8) is 0 Å². The molecule has 2 amide bonds. The first-order chi connectivity index (χ1) is 14.5. The number of nitrogens with zero attached hydrogens (tertiary/aromatic N) is 1. The smallest absolute Gasteiger partial charge is 0.242 e. The average molecular weight is 425 g/mol. The van der Waals surface area contributed by atoms with Gasteiger partial charge in [0.1, 0.15) is 6.04 Å². The van der Waals surface area contributed by atoms with Gasteiger partial charge in [-0.3, -0.25) is 9.59 Å². The maximum atomic E-state index is 13.2. The molecule has 0 unspecified atom stereocenters. The number of benzene rings is 2. The van der Waals surface area contributed by atoms with E-state index in [9.17, 15) is 9.59 Å². The second kappa shape index (κ2) is 11.2. The lowest BCUT2D eigenvalue weighted by atomic mass is 10.1. The van der Waals surface area contributed by atoms with E-state index in [1.54, 1.807) is 16.7 Å². The highest BCUT2D eigenvalue weighted by atomic mass is 32.2. The fourth-order valence-electron chi connectivity index (χ4n) is 3.86. The van der Waals surface area contributed by atoms with Gasteiger partial charge in [0.15, 0.2) is 0 Å². The predicted octanol–water partition coefficient (Wildman–Crippen LogP) is 4.95. The minimum Gasteiger partial charge on any atom is -0.352 e. The molecular formula is C25H32N2O2S. The van der Waals surface area contributed by atoms with E-state index in [1.807, 2.05) is 56.3 Å². The Morgan fingerprint density at radius 3 is 2.43 bits per heavy atom. The molecule has 1 atom stereocenters. The van der Waals surface area contributed by atoms with E-state index in [4.69, 9.17) is 0 Å². The van der Waals surface area contributed by atoms with Crippen LogP contribution in [0, 0.1) is 6.92 Å². The molecule has 0 heterocycles. The Labute approximate surface area is 184 Å². The van der Waals surface area contributed by atoms with Gasteiger partial charge in [0.25, 0.3) is 0 Å². The zero-order chi connectivity index (χ0) is 21.3. The molecule has 0 aliphatic heterocycles. The van der Waals surface area contributed by atoms with Crippen molar-refractivity contribution in [2.24, 2.45) is 0 Å². The molecule has 4 nitrogen and oxygen atoms in total. The van der Waals surface area contributed by atoms with Crippen molar-refractivity contribution in [2.75, 3.05) is 5.75 Å². The summed E-state index contributed by atoms with van der Waals surface area (Å²) in [6, 6.07) is 17.9. The molecule has 30 heavy (non-hydrogen) atoms. The van der Waals surface area contributed by atoms with Gasteiger partial charge in [-0.1, -0.05) is 55.3 Å². The molecule has 0 spiro atoms. The predicted molar refractivity (Wildman–Crippen MR) is 123 cm³/mol. The molecule has 0 saturated heterocycles. The van der Waals surface area contributed by atoms with E-state index in [2.05, 4.69) is 17.4 Å². The van der Waals surface area contributed by atoms with Crippen molar-refractivity contribution in [3.05, 3.63) is 65.7 Å². The van der Waals surface area contributed by atoms with Crippen molar-refractivity contribution in [2.45, 2.75) is 69.5 Å². The van der Waals surface area contributed by atoms with Crippen LogP contribution in [0.1, 0.15) is 50.2 Å². The van der Waals surface area contributed by atoms with Crippen LogP contribution in [0.2, 0.25) is 0 Å². The fraction of sp³-hybridized carbons (Fsp3) is 0.440. The molecule has 0 radical (unpaired) electrons. The third-order valence-corrected chi connectivity index (χ3v) is 6.81. The lowest BCUT2D eigenvalue weighted by molar-refractivity contribution is -0.140. The molecule has 1 saturated carbocycles. The zero-order valence-corrected chi connectivity index (χ0v) is 18.8. The summed E-state index contributed by atoms with van der Waals surface area (Å²) in [7, 11) is 0. The lowest BCUT2D eigenvalue weighted by Crippen LogP contribution is -2.49. The highest BCUT2D eigenvalue weighted by molar-refractivity contribution is 7.99. The number of aryl methyl sites for hydroxylation is 1. The molecule has 3 rings (SSSR count). The highest BCUT2D eigenvalue weighted by Crippen LogP contribution is 2.21. The number of carbonyl (C=O) groups is 2. The van der Waals surface area contributed by atoms with E-state index in [0.717, 1.165) is 28.9 Å². The van der Waals surface area contributed by atoms with Crippen molar-refractivity contribution < 1.29 is 9.59 Å². The van der Waals surface area contributed by atoms with Gasteiger partial charge in [-0.15, -0.1) is 11.8 Å². The number of nitrogens with one attached hydrogen (secondary N) is 1. The van der Waals surface area contributed by atoms with Gasteiger partial charge in [0.05, 0.1) is 0 Å². The third kappa shape index (κ3) is 6.36. The summed E-state index contributed by atoms with van der Waals surface area (Å²) in [4.78, 5) is 29.0. The van der Waals surface area contributed by atoms with Crippen LogP contribution in [0.5, 0.6) is 0 Å². The van der Waals surface area contributed by atoms with Gasteiger partial charge in [-0.25, -0.2) is 0 Å². The molecule has 5 heteroatoms. The molecule has 0 aromatic heterocycles. The first kappa shape index (κ1) is 22.4. The van der Waals surface area contributed by atoms with Gasteiger partial charge in [-0.2, -0.15) is 0 Å². The van der Waals surface area contributed by atoms with Crippen LogP contribution < -0.4 is 5.32 Å². The Hall–Kier alpha value is -2.27. The second-order valence-electron chi connectivity index (χ2n) is 8.03. The van der Waals surface area contributed by atoms with Gasteiger partial charge in [-0.05, 0) is 49.9 Å². The molecule has 160 valence electrons. The second-order valence-corrected chi connectivity index (χ2v) is 9.19. The van der Waals surface area contributed by atoms with E-state index in [-0.39, 0.29) is 17.9 Å². The van der Waals surface area contributed by atoms with Crippen LogP contribution in [-0.4, -0.2) is 34.6 Å². The standard InChI is InChI=1S/C25H32N2O2S/c1-19-10-6-7-11-21(19)18-27(20(2)25(29)26-22-12-8-9-13-22)24(28)16-17-30-23-14-4-3-5-15-23/h3-7,10-11,14-15,20,22H,8-9,12-13,16-18H2,1-2H3,(H,26,29)/t20-/m1/s1. The summed E-state index contributed by atoms with van der Waals surface area (Å²) < 4.78 is 0. The first-order valence-electron chi connectivity index (χ1n) is 10.9. The summed E-state index contributed by atoms with van der Waals surface area (Å²) in [6.07, 6.45) is 4.83. The Balaban J connectivity index is 1.66. The van der Waals surface area contributed by atoms with Crippen LogP contribution in [-0.2, 0) is 16.1 Å². The summed E-state index contributed by atoms with van der Waals surface area (Å²) in [5.41, 5.74) is 2.22. The molecule has 1 fully saturated rings. The van der Waals surface area contributed by atoms with Gasteiger partial charge < -0.3 is 10.2 Å². The van der Waals surface area contributed by atoms with Crippen molar-refractivity contribution in [1.82, 2.24) is 10.2 Å². The summed E-state index contributed by atoms with van der Waals surface area (Å²) in [6.45, 7) is 4.36. The molecule has 1 N–H and O–H groups in total. The minimum absolute atomic E-state index is 0.0238. The number of thioether (sulfide) groups is 1. The van der Waals surface area contributed by atoms with E-state index < -0.39 is 6.04 Å². The summed E-state index contributed by atoms with van der Waals surface area (Å²) in [5, 5.41) is 3.16. The van der Waals surface area contributed by atoms with Crippen LogP contribution in [0.25, 0.3) is 0 Å². The van der Waals surface area contributed by atoms with Crippen molar-refractivity contribution in [1.29, 1.82) is 0 Å². The van der Waals surface area contributed by atoms with E-state index in [1.165, 1.54) is 12.8 Å². The Morgan fingerprint density at radius 2 is 1.73 bits per heavy atom. The third-order valence-electron chi connectivity index (χ3n) is 5.80. The quantitative estimate of drug-likeness (QED) is 0.579. The Morgan fingerprint density at radius 1 is 1.07 bits per heavy atom. The first-order valence-corrected chi connectivity index (χ1v) is 11.9. The molecule has 1 aliphatic carbocycles. The maximum absolute atomic E-state index is 13.2. The van der Waals surface area contributed by atoms with E-state index >= 15 is 0 Å². The van der Waals surface area contributed by atoms with Crippen LogP contribution in [0.4, 0.5) is 0 Å². The van der Waals surface area contributed by atoms with Crippen molar-refractivity contribution >= 4 is 23.6 Å². The average Bonchev–Trinajstić information content (AvgIpc) is 3.26. The molecule has 0 bridgehead atoms. The van der Waals surface area contributed by atoms with E-state index in [0.29, 0.717) is 18.7 Å². The maximum Gasteiger partial charge on any atom is 0.242 e. The lowest BCUT2D eigenvalue weighted by Gasteiger charge is -2.30. The Kier molecular flexibility index (Phi) is 8.38. The molecule has 2 aromatic carbocycles. The van der Waals surface area contributed by atoms with Crippen molar-refractivity contribution in [3.8, 4) is 0 Å². The van der Waals surface area contributed by atoms with Crippen LogP contribution in [0.3, 0.4) is 0 Å². The summed E-state index contributed by atoms with van der Waals surface area (Å²) in [5.74, 6) is 0.680. The largest absolute Gasteiger partial charge is 0.352 e. The zero-order valence-electron chi connectivity index (χ0n) is 18.0. The topological polar surface area (TPSA) is 49.4 Å². The number of rotatable bonds is 9. The number of amides is 2. The summed E-state index contributed by atoms with van der Waals surface area (Å²) >= 11 is 1.67. The van der Waals surface area contributed by atoms with Crippen LogP contribution >= 0.6 is 11.8 Å². The number of carbonyl (C=O) groups excluding carboxylic acids is 2. The number of hydrogen-bond donors (Lipinski definition) is 1.